The van der Waals surface area contributed by atoms with Crippen molar-refractivity contribution in [2.45, 2.75) is 13.3 Å². The molecular weight excluding hydrogens is 1050 g/mol. The molecule has 1 aromatic carbocycles. The van der Waals surface area contributed by atoms with Gasteiger partial charge >= 0.3 is 0 Å². The van der Waals surface area contributed by atoms with Crippen molar-refractivity contribution in [1.29, 1.82) is 0 Å². The van der Waals surface area contributed by atoms with Crippen LogP contribution in [0, 0.1) is 0 Å². The average molecular weight is 1060 g/mol. The SMILES string of the molecule is CCc1c[n-]c2ccccc12.[W].[W].[W].[W].[W]. The van der Waals surface area contributed by atoms with E-state index in [0.29, 0.717) is 0 Å². The molecule has 1 aromatic heterocycles. The van der Waals surface area contributed by atoms with Gasteiger partial charge in [-0.2, -0.15) is 6.20 Å². The van der Waals surface area contributed by atoms with Crippen LogP contribution in [-0.4, -0.2) is 0 Å². The number of fused-ring (bicyclic) bond motifs is 1. The minimum Gasteiger partial charge on any atom is -0.663 e. The van der Waals surface area contributed by atoms with Crippen molar-refractivity contribution in [1.82, 2.24) is 4.98 Å². The predicted molar refractivity (Wildman–Crippen MR) is 46.6 cm³/mol. The summed E-state index contributed by atoms with van der Waals surface area (Å²) in [7, 11) is 0. The van der Waals surface area contributed by atoms with Crippen molar-refractivity contribution in [3.8, 4) is 0 Å². The van der Waals surface area contributed by atoms with Crippen LogP contribution in [0.5, 0.6) is 0 Å². The molecule has 1 heterocycles. The van der Waals surface area contributed by atoms with E-state index in [1.54, 1.807) is 0 Å². The van der Waals surface area contributed by atoms with Gasteiger partial charge in [0.25, 0.3) is 0 Å². The van der Waals surface area contributed by atoms with Crippen LogP contribution in [0.3, 0.4) is 0 Å². The number of para-hydroxylation sites is 1. The molecule has 0 amide bonds. The average Bonchev–Trinajstić information content (AvgIpc) is 2.47. The van der Waals surface area contributed by atoms with Gasteiger partial charge in [-0.25, -0.2) is 0 Å². The Hall–Kier alpha value is 2.20. The van der Waals surface area contributed by atoms with Gasteiger partial charge in [0.2, 0.25) is 0 Å². The number of aryl methyl sites for hydroxylation is 1. The molecule has 86 valence electrons. The molecule has 0 fully saturated rings. The molecule has 0 aliphatic heterocycles. The summed E-state index contributed by atoms with van der Waals surface area (Å²) in [5.41, 5.74) is 2.46. The van der Waals surface area contributed by atoms with Gasteiger partial charge < -0.3 is 4.98 Å². The van der Waals surface area contributed by atoms with Gasteiger partial charge in [-0.3, -0.25) is 0 Å². The Balaban J connectivity index is -0.000000144. The molecule has 0 N–H and O–H groups in total. The third-order valence-electron chi connectivity index (χ3n) is 1.99. The van der Waals surface area contributed by atoms with Crippen LogP contribution in [0.2, 0.25) is 0 Å². The molecule has 0 radical (unpaired) electrons. The summed E-state index contributed by atoms with van der Waals surface area (Å²) in [5, 5.41) is 1.30. The van der Waals surface area contributed by atoms with Crippen LogP contribution in [0.25, 0.3) is 10.9 Å². The van der Waals surface area contributed by atoms with Crippen LogP contribution in [0.15, 0.2) is 30.5 Å². The van der Waals surface area contributed by atoms with Crippen molar-refractivity contribution in [3.05, 3.63) is 36.0 Å². The smallest absolute Gasteiger partial charge is 0 e. The maximum Gasteiger partial charge on any atom is 0 e. The first-order chi connectivity index (χ1) is 5.42. The molecule has 1 nitrogen and oxygen atoms in total. The molecule has 0 spiro atoms. The van der Waals surface area contributed by atoms with Gasteiger partial charge in [0.15, 0.2) is 0 Å². The van der Waals surface area contributed by atoms with Gasteiger partial charge in [-0.1, -0.05) is 36.8 Å². The molecule has 0 saturated carbocycles. The molecule has 2 aromatic rings. The van der Waals surface area contributed by atoms with Gasteiger partial charge in [0.05, 0.1) is 0 Å². The van der Waals surface area contributed by atoms with E-state index in [1.807, 2.05) is 12.3 Å². The molecule has 0 aliphatic carbocycles. The van der Waals surface area contributed by atoms with Crippen LogP contribution in [0.4, 0.5) is 0 Å². The number of rotatable bonds is 1. The minimum absolute atomic E-state index is 0. The monoisotopic (exact) mass is 1060 g/mol. The Labute approximate surface area is 168 Å². The quantitative estimate of drug-likeness (QED) is 0.429. The van der Waals surface area contributed by atoms with Crippen molar-refractivity contribution < 1.29 is 105 Å². The molecule has 6 heteroatoms. The Morgan fingerprint density at radius 1 is 0.938 bits per heavy atom. The third kappa shape index (κ3) is 6.39. The van der Waals surface area contributed by atoms with E-state index in [9.17, 15) is 0 Å². The van der Waals surface area contributed by atoms with Crippen molar-refractivity contribution in [2.24, 2.45) is 0 Å². The first kappa shape index (κ1) is 26.7. The topological polar surface area (TPSA) is 14.1 Å². The Bertz CT molecular complexity index is 374. The zero-order valence-electron chi connectivity index (χ0n) is 8.58. The van der Waals surface area contributed by atoms with Crippen molar-refractivity contribution in [3.63, 3.8) is 0 Å². The Morgan fingerprint density at radius 2 is 1.50 bits per heavy atom. The first-order valence-corrected chi connectivity index (χ1v) is 3.91. The van der Waals surface area contributed by atoms with E-state index in [1.165, 1.54) is 10.9 Å². The van der Waals surface area contributed by atoms with E-state index in [4.69, 9.17) is 0 Å². The Morgan fingerprint density at radius 3 is 2.06 bits per heavy atom. The molecule has 16 heavy (non-hydrogen) atoms. The van der Waals surface area contributed by atoms with Gasteiger partial charge in [-0.05, 0) is 11.8 Å². The minimum atomic E-state index is 0. The second-order valence-electron chi connectivity index (χ2n) is 2.65. The van der Waals surface area contributed by atoms with Crippen LogP contribution < -0.4 is 4.98 Å². The Kier molecular flexibility index (Phi) is 22.7. The molecule has 0 aliphatic rings. The number of hydrogen-bond acceptors (Lipinski definition) is 0. The summed E-state index contributed by atoms with van der Waals surface area (Å²) in [4.78, 5) is 4.29. The van der Waals surface area contributed by atoms with Crippen LogP contribution >= 0.6 is 0 Å². The van der Waals surface area contributed by atoms with E-state index in [0.717, 1.165) is 11.9 Å². The number of aromatic nitrogens is 1. The zero-order chi connectivity index (χ0) is 7.68. The fourth-order valence-electron chi connectivity index (χ4n) is 1.36. The fraction of sp³-hybridized carbons (Fsp3) is 0.200. The number of hydrogen-bond donors (Lipinski definition) is 0. The maximum absolute atomic E-state index is 4.29. The molecule has 0 atom stereocenters. The van der Waals surface area contributed by atoms with Crippen LogP contribution in [-0.2, 0) is 112 Å². The summed E-state index contributed by atoms with van der Waals surface area (Å²) in [6, 6.07) is 8.26. The zero-order valence-corrected chi connectivity index (χ0v) is 23.2. The largest absolute Gasteiger partial charge is 0.663 e. The maximum atomic E-state index is 4.29. The van der Waals surface area contributed by atoms with Gasteiger partial charge in [0.1, 0.15) is 0 Å². The normalized spacial score (nSPS) is 7.31. The summed E-state index contributed by atoms with van der Waals surface area (Å²) in [6.07, 6.45) is 3.03. The van der Waals surface area contributed by atoms with Crippen molar-refractivity contribution in [2.75, 3.05) is 0 Å². The standard InChI is InChI=1S/C10H10N.5W/c1-2-8-7-11-10-6-4-3-5-9(8)10;;;;;/h3-7H,2H2,1H3;;;;;/q-1;;;;;. The first-order valence-electron chi connectivity index (χ1n) is 3.91. The number of nitrogens with zero attached hydrogens (tertiary/aromatic N) is 1. The van der Waals surface area contributed by atoms with E-state index >= 15 is 0 Å². The second-order valence-corrected chi connectivity index (χ2v) is 2.65. The molecule has 0 unspecified atom stereocenters. The van der Waals surface area contributed by atoms with E-state index in [-0.39, 0.29) is 105 Å². The molecule has 2 rings (SSSR count). The molecular formula is C10H10NW5-. The summed E-state index contributed by atoms with van der Waals surface area (Å²) >= 11 is 0. The fourth-order valence-corrected chi connectivity index (χ4v) is 1.36. The molecule has 0 saturated heterocycles. The van der Waals surface area contributed by atoms with E-state index in [2.05, 4.69) is 30.1 Å². The van der Waals surface area contributed by atoms with Gasteiger partial charge in [-0.15, -0.1) is 5.52 Å². The second kappa shape index (κ2) is 13.6. The summed E-state index contributed by atoms with van der Waals surface area (Å²) in [5.74, 6) is 0. The van der Waals surface area contributed by atoms with Crippen LogP contribution in [0.1, 0.15) is 12.5 Å². The third-order valence-corrected chi connectivity index (χ3v) is 1.99. The summed E-state index contributed by atoms with van der Waals surface area (Å²) < 4.78 is 0. The van der Waals surface area contributed by atoms with Gasteiger partial charge in [0, 0.05) is 105 Å². The van der Waals surface area contributed by atoms with E-state index < -0.39 is 0 Å². The predicted octanol–water partition coefficient (Wildman–Crippen LogP) is 2.35. The number of benzene rings is 1. The van der Waals surface area contributed by atoms with Crippen molar-refractivity contribution >= 4 is 10.9 Å². The summed E-state index contributed by atoms with van der Waals surface area (Å²) in [6.45, 7) is 2.16. The molecule has 0 bridgehead atoms.